The number of benzene rings is 3. The van der Waals surface area contributed by atoms with Gasteiger partial charge in [-0.3, -0.25) is 19.2 Å². The van der Waals surface area contributed by atoms with Gasteiger partial charge < -0.3 is 30.5 Å². The number of aryl methyl sites for hydroxylation is 1. The lowest BCUT2D eigenvalue weighted by Crippen LogP contribution is -2.39. The molecule has 1 heterocycles. The Hall–Kier alpha value is -5.19. The third kappa shape index (κ3) is 7.51. The Kier molecular flexibility index (Phi) is 9.53. The number of esters is 1. The molecule has 218 valence electrons. The highest BCUT2D eigenvalue weighted by molar-refractivity contribution is 6.10. The number of hydrogen-bond acceptors (Lipinski definition) is 6. The van der Waals surface area contributed by atoms with Crippen LogP contribution in [0.25, 0.3) is 0 Å². The van der Waals surface area contributed by atoms with Gasteiger partial charge in [-0.1, -0.05) is 30.3 Å². The number of hydrogen-bond donors (Lipinski definition) is 3. The molecule has 0 unspecified atom stereocenters. The van der Waals surface area contributed by atoms with Crippen LogP contribution in [0.2, 0.25) is 0 Å². The number of nitrogens with one attached hydrogen (secondary N) is 3. The lowest BCUT2D eigenvalue weighted by atomic mass is 10.1. The highest BCUT2D eigenvalue weighted by atomic mass is 16.5. The minimum Gasteiger partial charge on any atom is -0.466 e. The minimum atomic E-state index is -0.453. The monoisotopic (exact) mass is 571 g/mol. The third-order valence-corrected chi connectivity index (χ3v) is 6.72. The number of urea groups is 1. The first kappa shape index (κ1) is 29.8. The van der Waals surface area contributed by atoms with Gasteiger partial charge in [-0.05, 0) is 61.4 Å². The van der Waals surface area contributed by atoms with E-state index in [0.717, 1.165) is 11.1 Å². The smallest absolute Gasteiger partial charge is 0.323 e. The highest BCUT2D eigenvalue weighted by Crippen LogP contribution is 2.28. The molecule has 0 aromatic heterocycles. The Bertz CT molecular complexity index is 1500. The molecule has 1 aliphatic rings. The fourth-order valence-electron chi connectivity index (χ4n) is 4.46. The van der Waals surface area contributed by atoms with E-state index >= 15 is 0 Å². The van der Waals surface area contributed by atoms with Crippen molar-refractivity contribution < 1.29 is 28.7 Å². The third-order valence-electron chi connectivity index (χ3n) is 6.72. The average Bonchev–Trinajstić information content (AvgIpc) is 3.04. The minimum absolute atomic E-state index is 0.0334. The SMILES string of the molecule is CCOC(=O)CCN1CC(=O)N(C)c2ccc(NC(=O)Cc3ccc(NC(=O)Nc4ccccc4C)cc3)cc2C1=O. The van der Waals surface area contributed by atoms with E-state index in [1.54, 1.807) is 50.4 Å². The van der Waals surface area contributed by atoms with Crippen molar-refractivity contribution in [2.75, 3.05) is 47.6 Å². The quantitative estimate of drug-likeness (QED) is 0.330. The summed E-state index contributed by atoms with van der Waals surface area (Å²) < 4.78 is 4.94. The van der Waals surface area contributed by atoms with Gasteiger partial charge in [0.1, 0.15) is 6.54 Å². The van der Waals surface area contributed by atoms with Gasteiger partial charge in [0.25, 0.3) is 5.91 Å². The maximum Gasteiger partial charge on any atom is 0.323 e. The van der Waals surface area contributed by atoms with Gasteiger partial charge in [0.05, 0.1) is 30.7 Å². The van der Waals surface area contributed by atoms with Crippen molar-refractivity contribution in [3.63, 3.8) is 0 Å². The topological polar surface area (TPSA) is 137 Å². The number of likely N-dealkylation sites (N-methyl/N-ethyl adjacent to an activating group) is 1. The lowest BCUT2D eigenvalue weighted by Gasteiger charge is -2.19. The molecule has 0 fully saturated rings. The van der Waals surface area contributed by atoms with Gasteiger partial charge >= 0.3 is 12.0 Å². The van der Waals surface area contributed by atoms with Crippen molar-refractivity contribution in [2.45, 2.75) is 26.7 Å². The Morgan fingerprint density at radius 3 is 2.33 bits per heavy atom. The van der Waals surface area contributed by atoms with E-state index in [2.05, 4.69) is 16.0 Å². The van der Waals surface area contributed by atoms with Gasteiger partial charge in [0.2, 0.25) is 11.8 Å². The molecule has 3 aromatic rings. The Balaban J connectivity index is 1.38. The number of carbonyl (C=O) groups is 5. The molecule has 4 rings (SSSR count). The number of nitrogens with zero attached hydrogens (tertiary/aromatic N) is 2. The number of fused-ring (bicyclic) bond motifs is 1. The summed E-state index contributed by atoms with van der Waals surface area (Å²) in [6, 6.07) is 18.7. The van der Waals surface area contributed by atoms with E-state index in [9.17, 15) is 24.0 Å². The van der Waals surface area contributed by atoms with Crippen molar-refractivity contribution in [3.8, 4) is 0 Å². The number of anilines is 4. The molecular weight excluding hydrogens is 538 g/mol. The normalized spacial score (nSPS) is 12.7. The molecule has 3 aromatic carbocycles. The predicted molar refractivity (Wildman–Crippen MR) is 160 cm³/mol. The van der Waals surface area contributed by atoms with Crippen LogP contribution >= 0.6 is 0 Å². The van der Waals surface area contributed by atoms with Crippen molar-refractivity contribution in [1.29, 1.82) is 0 Å². The molecule has 0 aliphatic carbocycles. The molecule has 11 nitrogen and oxygen atoms in total. The average molecular weight is 572 g/mol. The van der Waals surface area contributed by atoms with Crippen LogP contribution in [0, 0.1) is 6.92 Å². The lowest BCUT2D eigenvalue weighted by molar-refractivity contribution is -0.143. The molecule has 3 N–H and O–H groups in total. The summed E-state index contributed by atoms with van der Waals surface area (Å²) in [6.07, 6.45) is 0.0266. The first-order valence-corrected chi connectivity index (χ1v) is 13.5. The maximum absolute atomic E-state index is 13.3. The molecule has 0 saturated carbocycles. The summed E-state index contributed by atoms with van der Waals surface area (Å²) in [4.78, 5) is 65.6. The summed E-state index contributed by atoms with van der Waals surface area (Å²) in [5.41, 5.74) is 4.00. The summed E-state index contributed by atoms with van der Waals surface area (Å²) >= 11 is 0. The van der Waals surface area contributed by atoms with E-state index in [1.807, 2.05) is 31.2 Å². The first-order chi connectivity index (χ1) is 20.1. The molecule has 5 amide bonds. The summed E-state index contributed by atoms with van der Waals surface area (Å²) in [5, 5.41) is 8.37. The van der Waals surface area contributed by atoms with Crippen LogP contribution in [0.1, 0.15) is 34.8 Å². The number of carbonyl (C=O) groups excluding carboxylic acids is 5. The summed E-state index contributed by atoms with van der Waals surface area (Å²) in [5.74, 6) is -1.48. The second-order valence-corrected chi connectivity index (χ2v) is 9.78. The van der Waals surface area contributed by atoms with Crippen LogP contribution in [-0.4, -0.2) is 61.4 Å². The van der Waals surface area contributed by atoms with Crippen LogP contribution in [0.15, 0.2) is 66.7 Å². The van der Waals surface area contributed by atoms with Crippen molar-refractivity contribution in [1.82, 2.24) is 4.90 Å². The molecule has 42 heavy (non-hydrogen) atoms. The zero-order valence-electron chi connectivity index (χ0n) is 23.7. The van der Waals surface area contributed by atoms with E-state index in [4.69, 9.17) is 4.74 Å². The molecule has 0 spiro atoms. The number of amides is 5. The molecular formula is C31H33N5O6. The van der Waals surface area contributed by atoms with Gasteiger partial charge in [-0.15, -0.1) is 0 Å². The molecule has 0 radical (unpaired) electrons. The van der Waals surface area contributed by atoms with Gasteiger partial charge in [0.15, 0.2) is 0 Å². The van der Waals surface area contributed by atoms with Crippen LogP contribution in [0.4, 0.5) is 27.5 Å². The van der Waals surface area contributed by atoms with Crippen LogP contribution < -0.4 is 20.9 Å². The summed E-state index contributed by atoms with van der Waals surface area (Å²) in [7, 11) is 1.58. The zero-order chi connectivity index (χ0) is 30.2. The van der Waals surface area contributed by atoms with Crippen LogP contribution in [-0.2, 0) is 25.5 Å². The summed E-state index contributed by atoms with van der Waals surface area (Å²) in [6.45, 7) is 3.68. The van der Waals surface area contributed by atoms with Crippen molar-refractivity contribution in [3.05, 3.63) is 83.4 Å². The van der Waals surface area contributed by atoms with Crippen LogP contribution in [0.3, 0.4) is 0 Å². The van der Waals surface area contributed by atoms with E-state index < -0.39 is 11.9 Å². The number of ether oxygens (including phenoxy) is 1. The maximum atomic E-state index is 13.3. The molecule has 0 bridgehead atoms. The fourth-order valence-corrected chi connectivity index (χ4v) is 4.46. The second-order valence-electron chi connectivity index (χ2n) is 9.78. The predicted octanol–water partition coefficient (Wildman–Crippen LogP) is 4.19. The number of rotatable bonds is 9. The van der Waals surface area contributed by atoms with Crippen molar-refractivity contribution in [2.24, 2.45) is 0 Å². The van der Waals surface area contributed by atoms with Gasteiger partial charge in [-0.25, -0.2) is 4.79 Å². The first-order valence-electron chi connectivity index (χ1n) is 13.5. The molecule has 1 aliphatic heterocycles. The molecule has 11 heteroatoms. The Morgan fingerprint density at radius 2 is 1.62 bits per heavy atom. The number of para-hydroxylation sites is 1. The Labute approximate surface area is 243 Å². The highest BCUT2D eigenvalue weighted by Gasteiger charge is 2.30. The van der Waals surface area contributed by atoms with Gasteiger partial charge in [0, 0.05) is 30.7 Å². The zero-order valence-corrected chi connectivity index (χ0v) is 23.7. The molecule has 0 saturated heterocycles. The standard InChI is InChI=1S/C31H33N5O6/c1-4-42-29(39)15-16-36-19-28(38)35(3)26-14-13-23(18-24(26)30(36)40)32-27(37)17-21-9-11-22(12-10-21)33-31(41)34-25-8-6-5-7-20(25)2/h5-14,18H,4,15-17,19H2,1-3H3,(H,32,37)(H2,33,34,41). The van der Waals surface area contributed by atoms with Gasteiger partial charge in [-0.2, -0.15) is 0 Å². The van der Waals surface area contributed by atoms with Crippen LogP contribution in [0.5, 0.6) is 0 Å². The second kappa shape index (κ2) is 13.4. The van der Waals surface area contributed by atoms with E-state index in [1.165, 1.54) is 15.9 Å². The van der Waals surface area contributed by atoms with E-state index in [-0.39, 0.29) is 55.9 Å². The van der Waals surface area contributed by atoms with Crippen molar-refractivity contribution >= 4 is 52.5 Å². The molecule has 0 atom stereocenters. The largest absolute Gasteiger partial charge is 0.466 e. The van der Waals surface area contributed by atoms with E-state index in [0.29, 0.717) is 22.7 Å². The fraction of sp³-hybridized carbons (Fsp3) is 0.258. The Morgan fingerprint density at radius 1 is 0.905 bits per heavy atom.